The summed E-state index contributed by atoms with van der Waals surface area (Å²) in [6.45, 7) is 3.71. The van der Waals surface area contributed by atoms with Crippen LogP contribution < -0.4 is 19.5 Å². The molecule has 0 saturated heterocycles. The second-order valence-corrected chi connectivity index (χ2v) is 8.30. The predicted octanol–water partition coefficient (Wildman–Crippen LogP) is 4.32. The lowest BCUT2D eigenvalue weighted by molar-refractivity contribution is -0.132. The van der Waals surface area contributed by atoms with Gasteiger partial charge in [0.05, 0.1) is 27.0 Å². The Balaban J connectivity index is 1.71. The van der Waals surface area contributed by atoms with Crippen LogP contribution in [0.1, 0.15) is 37.3 Å². The summed E-state index contributed by atoms with van der Waals surface area (Å²) in [5.41, 5.74) is 2.76. The van der Waals surface area contributed by atoms with Crippen molar-refractivity contribution in [2.75, 3.05) is 46.3 Å². The fraction of sp³-hybridized carbons (Fsp3) is 0.462. The third-order valence-corrected chi connectivity index (χ3v) is 6.06. The second-order valence-electron chi connectivity index (χ2n) is 8.30. The number of nitrogens with one attached hydrogen (secondary N) is 1. The van der Waals surface area contributed by atoms with Crippen LogP contribution in [0.25, 0.3) is 0 Å². The number of unbranched alkanes of at least 4 members (excludes halogenated alkanes) is 2. The Morgan fingerprint density at radius 3 is 2.32 bits per heavy atom. The van der Waals surface area contributed by atoms with Gasteiger partial charge in [-0.3, -0.25) is 4.79 Å². The first-order valence-corrected chi connectivity index (χ1v) is 11.7. The molecule has 0 spiro atoms. The van der Waals surface area contributed by atoms with E-state index in [1.54, 1.807) is 43.3 Å². The zero-order valence-electron chi connectivity index (χ0n) is 20.6. The molecule has 3 amide bonds. The highest BCUT2D eigenvalue weighted by Crippen LogP contribution is 2.33. The summed E-state index contributed by atoms with van der Waals surface area (Å²) in [5.74, 6) is 1.84. The van der Waals surface area contributed by atoms with Gasteiger partial charge in [-0.05, 0) is 48.2 Å². The normalized spacial score (nSPS) is 12.5. The number of ether oxygens (including phenoxy) is 3. The van der Waals surface area contributed by atoms with E-state index in [0.29, 0.717) is 42.6 Å². The van der Waals surface area contributed by atoms with E-state index in [1.165, 1.54) is 0 Å². The maximum Gasteiger partial charge on any atom is 0.322 e. The van der Waals surface area contributed by atoms with Crippen LogP contribution in [0.2, 0.25) is 0 Å². The zero-order chi connectivity index (χ0) is 24.5. The number of para-hydroxylation sites is 2. The minimum atomic E-state index is -0.308. The molecule has 0 atom stereocenters. The smallest absolute Gasteiger partial charge is 0.322 e. The van der Waals surface area contributed by atoms with Crippen molar-refractivity contribution in [1.82, 2.24) is 9.80 Å². The first-order valence-electron chi connectivity index (χ1n) is 11.7. The van der Waals surface area contributed by atoms with Crippen LogP contribution in [-0.2, 0) is 17.8 Å². The number of benzene rings is 2. The fourth-order valence-corrected chi connectivity index (χ4v) is 4.11. The van der Waals surface area contributed by atoms with E-state index in [4.69, 9.17) is 14.2 Å². The van der Waals surface area contributed by atoms with E-state index in [2.05, 4.69) is 12.2 Å². The van der Waals surface area contributed by atoms with Gasteiger partial charge < -0.3 is 29.3 Å². The lowest BCUT2D eigenvalue weighted by atomic mass is 9.98. The van der Waals surface area contributed by atoms with Gasteiger partial charge >= 0.3 is 6.03 Å². The molecule has 2 aromatic rings. The van der Waals surface area contributed by atoms with Crippen molar-refractivity contribution < 1.29 is 23.8 Å². The molecule has 0 aliphatic carbocycles. The molecule has 8 nitrogen and oxygen atoms in total. The lowest BCUT2D eigenvalue weighted by Crippen LogP contribution is -2.46. The van der Waals surface area contributed by atoms with Crippen LogP contribution in [-0.4, -0.2) is 62.7 Å². The Morgan fingerprint density at radius 1 is 0.971 bits per heavy atom. The van der Waals surface area contributed by atoms with Crippen LogP contribution in [0, 0.1) is 0 Å². The number of anilines is 1. The van der Waals surface area contributed by atoms with E-state index in [0.717, 1.165) is 36.8 Å². The molecule has 0 fully saturated rings. The maximum absolute atomic E-state index is 13.2. The Labute approximate surface area is 201 Å². The summed E-state index contributed by atoms with van der Waals surface area (Å²) in [6, 6.07) is 10.9. The van der Waals surface area contributed by atoms with Crippen molar-refractivity contribution in [2.24, 2.45) is 0 Å². The molecule has 0 unspecified atom stereocenters. The molecule has 1 N–H and O–H groups in total. The van der Waals surface area contributed by atoms with Crippen LogP contribution in [0.4, 0.5) is 10.5 Å². The molecular weight excluding hydrogens is 434 g/mol. The average Bonchev–Trinajstić information content (AvgIpc) is 2.87. The highest BCUT2D eigenvalue weighted by molar-refractivity contribution is 5.93. The molecular formula is C26H35N3O5. The van der Waals surface area contributed by atoms with Crippen molar-refractivity contribution in [3.63, 3.8) is 0 Å². The van der Waals surface area contributed by atoms with Gasteiger partial charge in [0.2, 0.25) is 5.91 Å². The average molecular weight is 470 g/mol. The Kier molecular flexibility index (Phi) is 9.01. The molecule has 0 bridgehead atoms. The van der Waals surface area contributed by atoms with Crippen LogP contribution >= 0.6 is 0 Å². The number of rotatable bonds is 10. The molecule has 1 aliphatic heterocycles. The summed E-state index contributed by atoms with van der Waals surface area (Å²) in [4.78, 5) is 29.7. The largest absolute Gasteiger partial charge is 0.495 e. The van der Waals surface area contributed by atoms with Gasteiger partial charge in [0, 0.05) is 19.6 Å². The van der Waals surface area contributed by atoms with Gasteiger partial charge in [0.1, 0.15) is 12.3 Å². The van der Waals surface area contributed by atoms with Gasteiger partial charge in [-0.15, -0.1) is 0 Å². The van der Waals surface area contributed by atoms with Crippen molar-refractivity contribution in [3.8, 4) is 17.2 Å². The van der Waals surface area contributed by atoms with Crippen LogP contribution in [0.15, 0.2) is 36.4 Å². The quantitative estimate of drug-likeness (QED) is 0.524. The minimum Gasteiger partial charge on any atom is -0.495 e. The van der Waals surface area contributed by atoms with Crippen molar-refractivity contribution >= 4 is 17.6 Å². The van der Waals surface area contributed by atoms with Crippen molar-refractivity contribution in [3.05, 3.63) is 47.5 Å². The van der Waals surface area contributed by atoms with E-state index in [1.807, 2.05) is 24.3 Å². The zero-order valence-corrected chi connectivity index (χ0v) is 20.6. The third-order valence-electron chi connectivity index (χ3n) is 6.06. The standard InChI is InChI=1S/C26H35N3O5/c1-5-6-9-13-29(26(31)27-21-10-7-8-11-22(21)32-2)18-25(30)28-14-12-19-15-23(33-3)24(34-4)16-20(19)17-28/h7-8,10-11,15-16H,5-6,9,12-14,17-18H2,1-4H3,(H,27,31). The molecule has 0 radical (unpaired) electrons. The highest BCUT2D eigenvalue weighted by Gasteiger charge is 2.26. The SMILES string of the molecule is CCCCCN(CC(=O)N1CCc2cc(OC)c(OC)cc2C1)C(=O)Nc1ccccc1OC. The van der Waals surface area contributed by atoms with E-state index >= 15 is 0 Å². The number of urea groups is 1. The first-order chi connectivity index (χ1) is 16.5. The van der Waals surface area contributed by atoms with Crippen molar-refractivity contribution in [1.29, 1.82) is 0 Å². The van der Waals surface area contributed by atoms with Crippen molar-refractivity contribution in [2.45, 2.75) is 39.2 Å². The van der Waals surface area contributed by atoms with E-state index in [-0.39, 0.29) is 18.5 Å². The lowest BCUT2D eigenvalue weighted by Gasteiger charge is -2.32. The molecule has 2 aromatic carbocycles. The number of nitrogens with zero attached hydrogens (tertiary/aromatic N) is 2. The number of hydrogen-bond donors (Lipinski definition) is 1. The molecule has 8 heteroatoms. The number of carbonyl (C=O) groups is 2. The summed E-state index contributed by atoms with van der Waals surface area (Å²) >= 11 is 0. The van der Waals surface area contributed by atoms with Gasteiger partial charge in [0.25, 0.3) is 0 Å². The highest BCUT2D eigenvalue weighted by atomic mass is 16.5. The Hall–Kier alpha value is -3.42. The Morgan fingerprint density at radius 2 is 1.65 bits per heavy atom. The molecule has 1 aliphatic rings. The van der Waals surface area contributed by atoms with Gasteiger partial charge in [-0.1, -0.05) is 31.9 Å². The number of amides is 3. The number of carbonyl (C=O) groups excluding carboxylic acids is 2. The number of fused-ring (bicyclic) bond motifs is 1. The summed E-state index contributed by atoms with van der Waals surface area (Å²) < 4.78 is 16.2. The molecule has 0 saturated carbocycles. The molecule has 3 rings (SSSR count). The van der Waals surface area contributed by atoms with Gasteiger partial charge in [0.15, 0.2) is 11.5 Å². The van der Waals surface area contributed by atoms with Gasteiger partial charge in [-0.25, -0.2) is 4.79 Å². The summed E-state index contributed by atoms with van der Waals surface area (Å²) in [7, 11) is 4.78. The molecule has 184 valence electrons. The van der Waals surface area contributed by atoms with Gasteiger partial charge in [-0.2, -0.15) is 0 Å². The third kappa shape index (κ3) is 6.12. The number of methoxy groups -OCH3 is 3. The summed E-state index contributed by atoms with van der Waals surface area (Å²) in [6.07, 6.45) is 3.59. The molecule has 0 aromatic heterocycles. The second kappa shape index (κ2) is 12.2. The van der Waals surface area contributed by atoms with E-state index in [9.17, 15) is 9.59 Å². The molecule has 1 heterocycles. The maximum atomic E-state index is 13.2. The fourth-order valence-electron chi connectivity index (χ4n) is 4.11. The van der Waals surface area contributed by atoms with E-state index < -0.39 is 0 Å². The first kappa shape index (κ1) is 25.2. The minimum absolute atomic E-state index is 0.0212. The monoisotopic (exact) mass is 469 g/mol. The van der Waals surface area contributed by atoms with Crippen LogP contribution in [0.3, 0.4) is 0 Å². The summed E-state index contributed by atoms with van der Waals surface area (Å²) in [5, 5.41) is 2.90. The Bertz CT molecular complexity index is 994. The molecule has 34 heavy (non-hydrogen) atoms. The number of hydrogen-bond acceptors (Lipinski definition) is 5. The topological polar surface area (TPSA) is 80.3 Å². The van der Waals surface area contributed by atoms with Crippen LogP contribution in [0.5, 0.6) is 17.2 Å². The predicted molar refractivity (Wildman–Crippen MR) is 132 cm³/mol.